The summed E-state index contributed by atoms with van der Waals surface area (Å²) < 4.78 is 3.00. The number of aromatic nitrogens is 3. The van der Waals surface area contributed by atoms with Gasteiger partial charge in [0, 0.05) is 5.02 Å². The molecule has 78 valence electrons. The number of hydrogen-bond donors (Lipinski definition) is 0. The second-order valence-corrected chi connectivity index (χ2v) is 4.79. The van der Waals surface area contributed by atoms with E-state index in [2.05, 4.69) is 41.9 Å². The van der Waals surface area contributed by atoms with Crippen LogP contribution < -0.4 is 0 Å². The van der Waals surface area contributed by atoms with Gasteiger partial charge in [0.05, 0.1) is 6.54 Å². The first-order valence-electron chi connectivity index (χ1n) is 4.15. The molecule has 3 nitrogen and oxygen atoms in total. The van der Waals surface area contributed by atoms with Crippen LogP contribution >= 0.6 is 43.5 Å². The van der Waals surface area contributed by atoms with Crippen LogP contribution in [0.5, 0.6) is 0 Å². The summed E-state index contributed by atoms with van der Waals surface area (Å²) in [5.74, 6) is 0. The molecule has 0 bridgehead atoms. The highest BCUT2D eigenvalue weighted by Gasteiger charge is 2.05. The van der Waals surface area contributed by atoms with E-state index >= 15 is 0 Å². The minimum atomic E-state index is 0.566. The van der Waals surface area contributed by atoms with Crippen LogP contribution in [-0.2, 0) is 6.54 Å². The van der Waals surface area contributed by atoms with Gasteiger partial charge in [0.25, 0.3) is 0 Å². The van der Waals surface area contributed by atoms with Gasteiger partial charge in [-0.3, -0.25) is 0 Å². The molecule has 0 N–H and O–H groups in total. The summed E-state index contributed by atoms with van der Waals surface area (Å²) in [7, 11) is 0. The van der Waals surface area contributed by atoms with Crippen molar-refractivity contribution in [2.75, 3.05) is 0 Å². The number of hydrogen-bond acceptors (Lipinski definition) is 2. The molecule has 1 heterocycles. The van der Waals surface area contributed by atoms with Crippen molar-refractivity contribution in [3.05, 3.63) is 44.3 Å². The zero-order chi connectivity index (χ0) is 10.8. The standard InChI is InChI=1S/C9H6Br2ClN3/c10-8-13-9(11)15(14-8)5-6-2-1-3-7(12)4-6/h1-4H,5H2. The number of halogens is 3. The molecule has 0 spiro atoms. The van der Waals surface area contributed by atoms with E-state index in [9.17, 15) is 0 Å². The predicted octanol–water partition coefficient (Wildman–Crippen LogP) is 3.50. The average Bonchev–Trinajstić information content (AvgIpc) is 2.45. The van der Waals surface area contributed by atoms with E-state index in [1.807, 2.05) is 24.3 Å². The summed E-state index contributed by atoms with van der Waals surface area (Å²) in [5, 5.41) is 4.89. The van der Waals surface area contributed by atoms with Crippen molar-refractivity contribution in [3.8, 4) is 0 Å². The van der Waals surface area contributed by atoms with Crippen molar-refractivity contribution >= 4 is 43.5 Å². The first-order chi connectivity index (χ1) is 7.15. The third-order valence-corrected chi connectivity index (χ3v) is 2.98. The van der Waals surface area contributed by atoms with Crippen LogP contribution in [0.1, 0.15) is 5.56 Å². The molecule has 0 aliphatic heterocycles. The van der Waals surface area contributed by atoms with Gasteiger partial charge in [0.15, 0.2) is 4.73 Å². The quantitative estimate of drug-likeness (QED) is 0.829. The fraction of sp³-hybridized carbons (Fsp3) is 0.111. The summed E-state index contributed by atoms with van der Waals surface area (Å²) >= 11 is 12.4. The Kier molecular flexibility index (Phi) is 3.43. The molecule has 6 heteroatoms. The maximum Gasteiger partial charge on any atom is 0.218 e. The number of rotatable bonds is 2. The maximum atomic E-state index is 5.89. The Morgan fingerprint density at radius 1 is 1.33 bits per heavy atom. The Balaban J connectivity index is 2.25. The largest absolute Gasteiger partial charge is 0.235 e. The van der Waals surface area contributed by atoms with Crippen LogP contribution in [0, 0.1) is 0 Å². The Morgan fingerprint density at radius 2 is 2.13 bits per heavy atom. The fourth-order valence-corrected chi connectivity index (χ4v) is 2.39. The van der Waals surface area contributed by atoms with Gasteiger partial charge in [-0.05, 0) is 49.6 Å². The van der Waals surface area contributed by atoms with Crippen LogP contribution in [0.3, 0.4) is 0 Å². The Bertz CT molecular complexity index is 484. The van der Waals surface area contributed by atoms with Gasteiger partial charge in [-0.15, -0.1) is 5.10 Å². The molecule has 0 unspecified atom stereocenters. The van der Waals surface area contributed by atoms with Crippen molar-refractivity contribution in [1.82, 2.24) is 14.8 Å². The Morgan fingerprint density at radius 3 is 2.73 bits per heavy atom. The van der Waals surface area contributed by atoms with Crippen LogP contribution in [0.25, 0.3) is 0 Å². The predicted molar refractivity (Wildman–Crippen MR) is 66.0 cm³/mol. The van der Waals surface area contributed by atoms with Crippen molar-refractivity contribution < 1.29 is 0 Å². The van der Waals surface area contributed by atoms with E-state index in [4.69, 9.17) is 11.6 Å². The summed E-state index contributed by atoms with van der Waals surface area (Å²) in [4.78, 5) is 4.08. The first kappa shape index (κ1) is 11.1. The van der Waals surface area contributed by atoms with Crippen molar-refractivity contribution in [1.29, 1.82) is 0 Å². The highest BCUT2D eigenvalue weighted by molar-refractivity contribution is 9.11. The molecule has 1 aromatic heterocycles. The van der Waals surface area contributed by atoms with E-state index in [-0.39, 0.29) is 0 Å². The van der Waals surface area contributed by atoms with Crippen LogP contribution in [0.4, 0.5) is 0 Å². The van der Waals surface area contributed by atoms with Gasteiger partial charge >= 0.3 is 0 Å². The van der Waals surface area contributed by atoms with Crippen LogP contribution in [-0.4, -0.2) is 14.8 Å². The van der Waals surface area contributed by atoms with Crippen molar-refractivity contribution in [2.24, 2.45) is 0 Å². The minimum Gasteiger partial charge on any atom is -0.235 e. The van der Waals surface area contributed by atoms with E-state index in [1.165, 1.54) is 0 Å². The third-order valence-electron chi connectivity index (χ3n) is 1.82. The van der Waals surface area contributed by atoms with E-state index in [0.29, 0.717) is 16.0 Å². The minimum absolute atomic E-state index is 0.566. The lowest BCUT2D eigenvalue weighted by Gasteiger charge is -2.02. The molecule has 0 aliphatic carbocycles. The van der Waals surface area contributed by atoms with Gasteiger partial charge in [-0.1, -0.05) is 23.7 Å². The van der Waals surface area contributed by atoms with Gasteiger partial charge in [-0.2, -0.15) is 4.98 Å². The zero-order valence-corrected chi connectivity index (χ0v) is 11.4. The average molecular weight is 351 g/mol. The van der Waals surface area contributed by atoms with Crippen LogP contribution in [0.15, 0.2) is 33.7 Å². The molecule has 0 saturated carbocycles. The molecule has 1 aromatic carbocycles. The number of benzene rings is 1. The SMILES string of the molecule is Clc1cccc(Cn2nc(Br)nc2Br)c1. The Labute approximate surface area is 109 Å². The Hall–Kier alpha value is -0.390. The molecule has 2 rings (SSSR count). The lowest BCUT2D eigenvalue weighted by atomic mass is 10.2. The molecule has 0 amide bonds. The highest BCUT2D eigenvalue weighted by Crippen LogP contribution is 2.15. The van der Waals surface area contributed by atoms with Gasteiger partial charge in [0.1, 0.15) is 0 Å². The normalized spacial score (nSPS) is 10.6. The van der Waals surface area contributed by atoms with Gasteiger partial charge in [-0.25, -0.2) is 4.68 Å². The second kappa shape index (κ2) is 4.63. The fourth-order valence-electron chi connectivity index (χ4n) is 1.21. The lowest BCUT2D eigenvalue weighted by Crippen LogP contribution is -2.01. The molecule has 0 atom stereocenters. The van der Waals surface area contributed by atoms with E-state index < -0.39 is 0 Å². The van der Waals surface area contributed by atoms with Crippen molar-refractivity contribution in [2.45, 2.75) is 6.54 Å². The summed E-state index contributed by atoms with van der Waals surface area (Å²) in [5.41, 5.74) is 1.08. The molecule has 2 aromatic rings. The first-order valence-corrected chi connectivity index (χ1v) is 6.12. The molecule has 0 saturated heterocycles. The maximum absolute atomic E-state index is 5.89. The molecular formula is C9H6Br2ClN3. The molecular weight excluding hydrogens is 345 g/mol. The zero-order valence-electron chi connectivity index (χ0n) is 7.49. The molecule has 0 aliphatic rings. The van der Waals surface area contributed by atoms with Crippen molar-refractivity contribution in [3.63, 3.8) is 0 Å². The lowest BCUT2D eigenvalue weighted by molar-refractivity contribution is 0.664. The van der Waals surface area contributed by atoms with Gasteiger partial charge in [0.2, 0.25) is 4.73 Å². The smallest absolute Gasteiger partial charge is 0.218 e. The van der Waals surface area contributed by atoms with Crippen LogP contribution in [0.2, 0.25) is 5.02 Å². The number of nitrogens with zero attached hydrogens (tertiary/aromatic N) is 3. The molecule has 15 heavy (non-hydrogen) atoms. The molecule has 0 radical (unpaired) electrons. The summed E-state index contributed by atoms with van der Waals surface area (Å²) in [6.45, 7) is 0.639. The highest BCUT2D eigenvalue weighted by atomic mass is 79.9. The third kappa shape index (κ3) is 2.80. The second-order valence-electron chi connectivity index (χ2n) is 2.94. The summed E-state index contributed by atoms with van der Waals surface area (Å²) in [6, 6.07) is 7.66. The monoisotopic (exact) mass is 349 g/mol. The van der Waals surface area contributed by atoms with Gasteiger partial charge < -0.3 is 0 Å². The molecule has 0 fully saturated rings. The van der Waals surface area contributed by atoms with E-state index in [0.717, 1.165) is 10.6 Å². The topological polar surface area (TPSA) is 30.7 Å². The summed E-state index contributed by atoms with van der Waals surface area (Å²) in [6.07, 6.45) is 0. The van der Waals surface area contributed by atoms with E-state index in [1.54, 1.807) is 4.68 Å².